The van der Waals surface area contributed by atoms with Crippen LogP contribution in [0.4, 0.5) is 0 Å². The zero-order chi connectivity index (χ0) is 16.3. The molecule has 1 saturated heterocycles. The summed E-state index contributed by atoms with van der Waals surface area (Å²) in [6.45, 7) is 11.7. The van der Waals surface area contributed by atoms with Gasteiger partial charge in [-0.3, -0.25) is 0 Å². The number of hydrogen-bond acceptors (Lipinski definition) is 3. The Bertz CT molecular complexity index is 425. The Labute approximate surface area is 131 Å². The van der Waals surface area contributed by atoms with Crippen LogP contribution in [-0.4, -0.2) is 44.4 Å². The minimum Gasteiger partial charge on any atom is -0.318 e. The fourth-order valence-electron chi connectivity index (χ4n) is 3.50. The average Bonchev–Trinajstić information content (AvgIpc) is 2.24. The Morgan fingerprint density at radius 2 is 1.76 bits per heavy atom. The molecular formula is C15H33N3O2S. The van der Waals surface area contributed by atoms with E-state index in [1.807, 2.05) is 20.9 Å². The predicted molar refractivity (Wildman–Crippen MR) is 88.5 cm³/mol. The Hall–Kier alpha value is -0.170. The Morgan fingerprint density at radius 1 is 1.14 bits per heavy atom. The lowest BCUT2D eigenvalue weighted by molar-refractivity contribution is 0.229. The number of nitrogens with one attached hydrogen (secondary N) is 2. The van der Waals surface area contributed by atoms with E-state index in [1.165, 1.54) is 0 Å². The molecule has 0 aliphatic carbocycles. The van der Waals surface area contributed by atoms with Crippen LogP contribution in [0.2, 0.25) is 0 Å². The molecule has 1 heterocycles. The molecule has 126 valence electrons. The lowest BCUT2D eigenvalue weighted by Gasteiger charge is -2.39. The van der Waals surface area contributed by atoms with Crippen LogP contribution in [-0.2, 0) is 10.2 Å². The monoisotopic (exact) mass is 319 g/mol. The molecule has 1 aliphatic rings. The molecule has 1 atom stereocenters. The zero-order valence-corrected chi connectivity index (χ0v) is 15.3. The second-order valence-electron chi connectivity index (χ2n) is 8.05. The number of hydrogen-bond donors (Lipinski definition) is 2. The smallest absolute Gasteiger partial charge is 0.280 e. The van der Waals surface area contributed by atoms with Crippen LogP contribution in [0.3, 0.4) is 0 Å². The quantitative estimate of drug-likeness (QED) is 0.788. The summed E-state index contributed by atoms with van der Waals surface area (Å²) in [5, 5.41) is 3.11. The van der Waals surface area contributed by atoms with E-state index in [2.05, 4.69) is 30.8 Å². The normalized spacial score (nSPS) is 22.5. The molecule has 1 fully saturated rings. The van der Waals surface area contributed by atoms with E-state index in [1.54, 1.807) is 4.31 Å². The van der Waals surface area contributed by atoms with Crippen molar-refractivity contribution in [2.45, 2.75) is 71.9 Å². The summed E-state index contributed by atoms with van der Waals surface area (Å²) >= 11 is 0. The average molecular weight is 320 g/mol. The number of piperidine rings is 1. The number of rotatable bonds is 6. The van der Waals surface area contributed by atoms with Gasteiger partial charge in [0.05, 0.1) is 0 Å². The fraction of sp³-hybridized carbons (Fsp3) is 1.00. The summed E-state index contributed by atoms with van der Waals surface area (Å²) in [5.74, 6) is 0. The molecule has 5 nitrogen and oxygen atoms in total. The van der Waals surface area contributed by atoms with Gasteiger partial charge < -0.3 is 5.32 Å². The third-order valence-electron chi connectivity index (χ3n) is 3.70. The van der Waals surface area contributed by atoms with Gasteiger partial charge in [-0.1, -0.05) is 27.2 Å². The first kappa shape index (κ1) is 18.9. The molecule has 2 N–H and O–H groups in total. The van der Waals surface area contributed by atoms with E-state index in [9.17, 15) is 8.42 Å². The summed E-state index contributed by atoms with van der Waals surface area (Å²) in [7, 11) is -1.57. The molecule has 0 amide bonds. The van der Waals surface area contributed by atoms with Crippen molar-refractivity contribution in [1.29, 1.82) is 0 Å². The molecule has 0 aromatic rings. The molecule has 6 heteroatoms. The van der Waals surface area contributed by atoms with Crippen LogP contribution in [0.15, 0.2) is 0 Å². The van der Waals surface area contributed by atoms with Crippen molar-refractivity contribution < 1.29 is 8.42 Å². The first-order chi connectivity index (χ1) is 9.47. The maximum atomic E-state index is 12.8. The molecule has 0 bridgehead atoms. The predicted octanol–water partition coefficient (Wildman–Crippen LogP) is 2.11. The maximum Gasteiger partial charge on any atom is 0.280 e. The zero-order valence-electron chi connectivity index (χ0n) is 14.5. The lowest BCUT2D eigenvalue weighted by atomic mass is 9.82. The standard InChI is InChI=1S/C15H33N3O2S/c1-14(2,3)12-15(4,5)17-21(19,20)18-10-8-7-9-13(18)11-16-6/h13,16-17H,7-12H2,1-6H3. The number of likely N-dealkylation sites (N-methyl/N-ethyl adjacent to an activating group) is 1. The molecule has 0 spiro atoms. The van der Waals surface area contributed by atoms with Gasteiger partial charge in [0, 0.05) is 24.7 Å². The molecule has 0 aromatic carbocycles. The molecule has 1 unspecified atom stereocenters. The Morgan fingerprint density at radius 3 is 2.29 bits per heavy atom. The van der Waals surface area contributed by atoms with Crippen LogP contribution < -0.4 is 10.0 Å². The van der Waals surface area contributed by atoms with Crippen molar-refractivity contribution >= 4 is 10.2 Å². The van der Waals surface area contributed by atoms with Gasteiger partial charge in [-0.05, 0) is 45.6 Å². The van der Waals surface area contributed by atoms with E-state index >= 15 is 0 Å². The Kier molecular flexibility index (Phi) is 6.24. The van der Waals surface area contributed by atoms with E-state index < -0.39 is 15.7 Å². The van der Waals surface area contributed by atoms with Crippen molar-refractivity contribution in [1.82, 2.24) is 14.3 Å². The van der Waals surface area contributed by atoms with E-state index in [4.69, 9.17) is 0 Å². The van der Waals surface area contributed by atoms with Gasteiger partial charge >= 0.3 is 0 Å². The minimum absolute atomic E-state index is 0.0617. The van der Waals surface area contributed by atoms with Gasteiger partial charge in [0.1, 0.15) is 0 Å². The topological polar surface area (TPSA) is 61.4 Å². The lowest BCUT2D eigenvalue weighted by Crippen LogP contribution is -2.57. The second-order valence-corrected chi connectivity index (χ2v) is 9.67. The van der Waals surface area contributed by atoms with Gasteiger partial charge in [0.15, 0.2) is 0 Å². The van der Waals surface area contributed by atoms with Crippen LogP contribution in [0.1, 0.15) is 60.3 Å². The van der Waals surface area contributed by atoms with Gasteiger partial charge in [-0.2, -0.15) is 17.4 Å². The van der Waals surface area contributed by atoms with Crippen LogP contribution in [0.25, 0.3) is 0 Å². The molecule has 1 rings (SSSR count). The summed E-state index contributed by atoms with van der Waals surface area (Å²) < 4.78 is 30.1. The highest BCUT2D eigenvalue weighted by Crippen LogP contribution is 2.28. The van der Waals surface area contributed by atoms with E-state index in [-0.39, 0.29) is 11.5 Å². The summed E-state index contributed by atoms with van der Waals surface area (Å²) in [6.07, 6.45) is 3.77. The highest BCUT2D eigenvalue weighted by molar-refractivity contribution is 7.87. The van der Waals surface area contributed by atoms with Crippen LogP contribution in [0.5, 0.6) is 0 Å². The maximum absolute atomic E-state index is 12.8. The van der Waals surface area contributed by atoms with Crippen molar-refractivity contribution in [3.8, 4) is 0 Å². The van der Waals surface area contributed by atoms with Gasteiger partial charge in [0.2, 0.25) is 0 Å². The van der Waals surface area contributed by atoms with Crippen molar-refractivity contribution in [2.75, 3.05) is 20.1 Å². The highest BCUT2D eigenvalue weighted by atomic mass is 32.2. The molecule has 21 heavy (non-hydrogen) atoms. The largest absolute Gasteiger partial charge is 0.318 e. The summed E-state index contributed by atoms with van der Waals surface area (Å²) in [4.78, 5) is 0. The fourth-order valence-corrected chi connectivity index (χ4v) is 5.33. The number of nitrogens with zero attached hydrogens (tertiary/aromatic N) is 1. The highest BCUT2D eigenvalue weighted by Gasteiger charge is 2.36. The second kappa shape index (κ2) is 6.94. The van der Waals surface area contributed by atoms with E-state index in [0.29, 0.717) is 13.1 Å². The molecule has 0 aromatic heterocycles. The minimum atomic E-state index is -3.44. The first-order valence-corrected chi connectivity index (χ1v) is 9.36. The molecule has 0 radical (unpaired) electrons. The Balaban J connectivity index is 2.83. The SMILES string of the molecule is CNCC1CCCCN1S(=O)(=O)NC(C)(C)CC(C)(C)C. The van der Waals surface area contributed by atoms with Crippen molar-refractivity contribution in [3.63, 3.8) is 0 Å². The third kappa shape index (κ3) is 6.22. The summed E-state index contributed by atoms with van der Waals surface area (Å²) in [6, 6.07) is 0.0617. The van der Waals surface area contributed by atoms with Crippen molar-refractivity contribution in [2.24, 2.45) is 5.41 Å². The van der Waals surface area contributed by atoms with Crippen LogP contribution in [0, 0.1) is 5.41 Å². The van der Waals surface area contributed by atoms with Gasteiger partial charge in [-0.25, -0.2) is 0 Å². The van der Waals surface area contributed by atoms with Gasteiger partial charge in [-0.15, -0.1) is 0 Å². The molecule has 0 saturated carbocycles. The molecule has 1 aliphatic heterocycles. The van der Waals surface area contributed by atoms with Crippen LogP contribution >= 0.6 is 0 Å². The third-order valence-corrected chi connectivity index (χ3v) is 5.61. The summed E-state index contributed by atoms with van der Waals surface area (Å²) in [5.41, 5.74) is -0.364. The van der Waals surface area contributed by atoms with E-state index in [0.717, 1.165) is 25.7 Å². The molecular weight excluding hydrogens is 286 g/mol. The first-order valence-electron chi connectivity index (χ1n) is 7.92. The van der Waals surface area contributed by atoms with Gasteiger partial charge in [0.25, 0.3) is 10.2 Å². The van der Waals surface area contributed by atoms with Crippen molar-refractivity contribution in [3.05, 3.63) is 0 Å².